The first-order valence-corrected chi connectivity index (χ1v) is 5.87. The van der Waals surface area contributed by atoms with Crippen LogP contribution in [0.15, 0.2) is 42.6 Å². The molecule has 0 bridgehead atoms. The first-order valence-electron chi connectivity index (χ1n) is 5.87. The number of hydrogen-bond donors (Lipinski definition) is 2. The summed E-state index contributed by atoms with van der Waals surface area (Å²) in [7, 11) is 0. The number of rotatable bonds is 2. The zero-order valence-electron chi connectivity index (χ0n) is 10.3. The number of H-pyrrole nitrogens is 1. The topological polar surface area (TPSA) is 67.6 Å². The van der Waals surface area contributed by atoms with Gasteiger partial charge in [-0.2, -0.15) is 5.10 Å². The van der Waals surface area contributed by atoms with Crippen molar-refractivity contribution in [1.82, 2.24) is 15.2 Å². The highest BCUT2D eigenvalue weighted by molar-refractivity contribution is 5.86. The number of nitrogens with two attached hydrogens (primary N) is 1. The lowest BCUT2D eigenvalue weighted by molar-refractivity contribution is 0.585. The summed E-state index contributed by atoms with van der Waals surface area (Å²) in [4.78, 5) is 4.18. The van der Waals surface area contributed by atoms with Crippen LogP contribution in [-0.2, 0) is 0 Å². The Morgan fingerprint density at radius 3 is 2.65 bits per heavy atom. The Labute approximate surface area is 113 Å². The first-order chi connectivity index (χ1) is 9.66. The molecular formula is C14H10F2N4. The van der Waals surface area contributed by atoms with Crippen LogP contribution in [0.25, 0.3) is 22.5 Å². The van der Waals surface area contributed by atoms with Gasteiger partial charge in [0.2, 0.25) is 0 Å². The number of pyridine rings is 1. The number of aromatic amines is 1. The standard InChI is InChI=1S/C14H10F2N4/c15-8-4-5-9(10(16)7-8)13-12(14(17)20-19-13)11-3-1-2-6-18-11/h1-7H,(H3,17,19,20). The third kappa shape index (κ3) is 2.01. The molecule has 0 radical (unpaired) electrons. The van der Waals surface area contributed by atoms with Gasteiger partial charge in [0.05, 0.1) is 17.0 Å². The molecule has 3 aromatic rings. The molecule has 0 aliphatic carbocycles. The Bertz CT molecular complexity index is 753. The normalized spacial score (nSPS) is 10.7. The summed E-state index contributed by atoms with van der Waals surface area (Å²) in [6.07, 6.45) is 1.60. The molecule has 0 spiro atoms. The minimum atomic E-state index is -0.689. The molecule has 3 rings (SSSR count). The van der Waals surface area contributed by atoms with E-state index in [1.807, 2.05) is 0 Å². The van der Waals surface area contributed by atoms with Gasteiger partial charge in [0.25, 0.3) is 0 Å². The van der Waals surface area contributed by atoms with Gasteiger partial charge in [0.1, 0.15) is 11.6 Å². The smallest absolute Gasteiger partial charge is 0.155 e. The summed E-state index contributed by atoms with van der Waals surface area (Å²) in [5.74, 6) is -1.12. The maximum absolute atomic E-state index is 13.9. The molecule has 0 saturated heterocycles. The van der Waals surface area contributed by atoms with Gasteiger partial charge in [0.15, 0.2) is 5.82 Å². The highest BCUT2D eigenvalue weighted by atomic mass is 19.1. The van der Waals surface area contributed by atoms with Crippen LogP contribution in [0.1, 0.15) is 0 Å². The van der Waals surface area contributed by atoms with Gasteiger partial charge in [-0.05, 0) is 24.3 Å². The van der Waals surface area contributed by atoms with Crippen molar-refractivity contribution < 1.29 is 8.78 Å². The zero-order valence-corrected chi connectivity index (χ0v) is 10.3. The summed E-state index contributed by atoms with van der Waals surface area (Å²) in [5, 5.41) is 6.56. The molecule has 4 nitrogen and oxygen atoms in total. The van der Waals surface area contributed by atoms with Gasteiger partial charge in [0, 0.05) is 17.8 Å². The van der Waals surface area contributed by atoms with Crippen molar-refractivity contribution in [2.75, 3.05) is 5.73 Å². The number of hydrogen-bond acceptors (Lipinski definition) is 3. The Kier molecular flexibility index (Phi) is 2.90. The van der Waals surface area contributed by atoms with Crippen LogP contribution < -0.4 is 5.73 Å². The van der Waals surface area contributed by atoms with Crippen LogP contribution in [0.3, 0.4) is 0 Å². The maximum Gasteiger partial charge on any atom is 0.155 e. The van der Waals surface area contributed by atoms with Gasteiger partial charge < -0.3 is 5.73 Å². The predicted molar refractivity (Wildman–Crippen MR) is 71.6 cm³/mol. The number of nitrogens with one attached hydrogen (secondary N) is 1. The van der Waals surface area contributed by atoms with Crippen LogP contribution in [0, 0.1) is 11.6 Å². The molecule has 0 aliphatic heterocycles. The number of aromatic nitrogens is 3. The molecule has 0 unspecified atom stereocenters. The highest BCUT2D eigenvalue weighted by Crippen LogP contribution is 2.34. The second kappa shape index (κ2) is 4.73. The molecule has 0 atom stereocenters. The SMILES string of the molecule is Nc1n[nH]c(-c2ccc(F)cc2F)c1-c1ccccn1. The van der Waals surface area contributed by atoms with E-state index < -0.39 is 11.6 Å². The Hall–Kier alpha value is -2.76. The number of benzene rings is 1. The lowest BCUT2D eigenvalue weighted by atomic mass is 10.0. The minimum absolute atomic E-state index is 0.191. The summed E-state index contributed by atoms with van der Waals surface area (Å²) in [6, 6.07) is 8.62. The molecule has 100 valence electrons. The molecule has 3 N–H and O–H groups in total. The van der Waals surface area contributed by atoms with Crippen molar-refractivity contribution in [3.63, 3.8) is 0 Å². The highest BCUT2D eigenvalue weighted by Gasteiger charge is 2.18. The fourth-order valence-corrected chi connectivity index (χ4v) is 2.01. The molecule has 0 fully saturated rings. The largest absolute Gasteiger partial charge is 0.382 e. The third-order valence-corrected chi connectivity index (χ3v) is 2.92. The van der Waals surface area contributed by atoms with Crippen LogP contribution in [0.2, 0.25) is 0 Å². The van der Waals surface area contributed by atoms with Crippen molar-refractivity contribution in [3.05, 3.63) is 54.2 Å². The van der Waals surface area contributed by atoms with Gasteiger partial charge in [-0.15, -0.1) is 0 Å². The monoisotopic (exact) mass is 272 g/mol. The molecule has 2 aromatic heterocycles. The van der Waals surface area contributed by atoms with E-state index in [-0.39, 0.29) is 11.4 Å². The fourth-order valence-electron chi connectivity index (χ4n) is 2.01. The molecule has 20 heavy (non-hydrogen) atoms. The van der Waals surface area contributed by atoms with Gasteiger partial charge in [-0.25, -0.2) is 8.78 Å². The van der Waals surface area contributed by atoms with Gasteiger partial charge in [-0.3, -0.25) is 10.1 Å². The van der Waals surface area contributed by atoms with E-state index in [4.69, 9.17) is 5.73 Å². The van der Waals surface area contributed by atoms with Crippen LogP contribution in [-0.4, -0.2) is 15.2 Å². The molecule has 0 amide bonds. The van der Waals surface area contributed by atoms with E-state index in [2.05, 4.69) is 15.2 Å². The molecule has 6 heteroatoms. The van der Waals surface area contributed by atoms with Gasteiger partial charge >= 0.3 is 0 Å². The predicted octanol–water partition coefficient (Wildman–Crippen LogP) is 3.00. The van der Waals surface area contributed by atoms with E-state index >= 15 is 0 Å². The summed E-state index contributed by atoms with van der Waals surface area (Å²) >= 11 is 0. The minimum Gasteiger partial charge on any atom is -0.382 e. The zero-order chi connectivity index (χ0) is 14.1. The third-order valence-electron chi connectivity index (χ3n) is 2.92. The molecule has 2 heterocycles. The average molecular weight is 272 g/mol. The Balaban J connectivity index is 2.21. The number of nitrogens with zero attached hydrogens (tertiary/aromatic N) is 2. The van der Waals surface area contributed by atoms with Gasteiger partial charge in [-0.1, -0.05) is 6.07 Å². The van der Waals surface area contributed by atoms with E-state index in [0.717, 1.165) is 6.07 Å². The molecule has 0 saturated carbocycles. The summed E-state index contributed by atoms with van der Waals surface area (Å²) in [6.45, 7) is 0. The Morgan fingerprint density at radius 2 is 1.95 bits per heavy atom. The lowest BCUT2D eigenvalue weighted by Gasteiger charge is -2.05. The quantitative estimate of drug-likeness (QED) is 0.753. The van der Waals surface area contributed by atoms with E-state index in [9.17, 15) is 8.78 Å². The van der Waals surface area contributed by atoms with Crippen LogP contribution in [0.5, 0.6) is 0 Å². The second-order valence-corrected chi connectivity index (χ2v) is 4.20. The van der Waals surface area contributed by atoms with E-state index in [1.54, 1.807) is 24.4 Å². The lowest BCUT2D eigenvalue weighted by Crippen LogP contribution is -1.92. The molecular weight excluding hydrogens is 262 g/mol. The van der Waals surface area contributed by atoms with Crippen molar-refractivity contribution >= 4 is 5.82 Å². The molecule has 1 aromatic carbocycles. The van der Waals surface area contributed by atoms with Crippen LogP contribution in [0.4, 0.5) is 14.6 Å². The maximum atomic E-state index is 13.9. The van der Waals surface area contributed by atoms with Crippen LogP contribution >= 0.6 is 0 Å². The number of nitrogen functional groups attached to an aromatic ring is 1. The summed E-state index contributed by atoms with van der Waals surface area (Å²) < 4.78 is 26.9. The van der Waals surface area contributed by atoms with Crippen molar-refractivity contribution in [1.29, 1.82) is 0 Å². The van der Waals surface area contributed by atoms with Crippen molar-refractivity contribution in [3.8, 4) is 22.5 Å². The first kappa shape index (κ1) is 12.3. The van der Waals surface area contributed by atoms with Crippen molar-refractivity contribution in [2.24, 2.45) is 0 Å². The average Bonchev–Trinajstić information content (AvgIpc) is 2.81. The molecule has 0 aliphatic rings. The second-order valence-electron chi connectivity index (χ2n) is 4.20. The van der Waals surface area contributed by atoms with E-state index in [0.29, 0.717) is 17.0 Å². The number of anilines is 1. The number of halogens is 2. The Morgan fingerprint density at radius 1 is 1.10 bits per heavy atom. The van der Waals surface area contributed by atoms with Crippen molar-refractivity contribution in [2.45, 2.75) is 0 Å². The van der Waals surface area contributed by atoms with E-state index in [1.165, 1.54) is 12.1 Å². The summed E-state index contributed by atoms with van der Waals surface area (Å²) in [5.41, 5.74) is 7.44. The fraction of sp³-hybridized carbons (Fsp3) is 0.